The normalized spacial score (nSPS) is 12.1. The molecule has 1 unspecified atom stereocenters. The van der Waals surface area contributed by atoms with Crippen LogP contribution in [-0.4, -0.2) is 57.6 Å². The number of carbonyl (C=O) groups excluding carboxylic acids is 2. The van der Waals surface area contributed by atoms with E-state index < -0.39 is 16.1 Å². The van der Waals surface area contributed by atoms with Crippen molar-refractivity contribution in [2.45, 2.75) is 39.2 Å². The van der Waals surface area contributed by atoms with Crippen LogP contribution in [0.2, 0.25) is 0 Å². The first-order chi connectivity index (χ1) is 15.1. The van der Waals surface area contributed by atoms with Gasteiger partial charge in [-0.1, -0.05) is 42.5 Å². The Morgan fingerprint density at radius 3 is 2.31 bits per heavy atom. The van der Waals surface area contributed by atoms with Gasteiger partial charge < -0.3 is 10.2 Å². The van der Waals surface area contributed by atoms with E-state index in [2.05, 4.69) is 5.32 Å². The molecular weight excluding hydrogens is 426 g/mol. The second-order valence-corrected chi connectivity index (χ2v) is 9.80. The SMILES string of the molecule is CNC(=O)C(C)N(CCc1ccccc1)C(=O)CCCN(c1cccc(C)c1)S(C)(=O)=O. The summed E-state index contributed by atoms with van der Waals surface area (Å²) in [5.74, 6) is -0.404. The molecule has 0 spiro atoms. The number of nitrogens with one attached hydrogen (secondary N) is 1. The smallest absolute Gasteiger partial charge is 0.242 e. The molecule has 2 rings (SSSR count). The topological polar surface area (TPSA) is 86.8 Å². The molecule has 0 radical (unpaired) electrons. The third kappa shape index (κ3) is 7.37. The van der Waals surface area contributed by atoms with Gasteiger partial charge in [0.2, 0.25) is 21.8 Å². The van der Waals surface area contributed by atoms with Crippen molar-refractivity contribution in [2.75, 3.05) is 30.7 Å². The highest BCUT2D eigenvalue weighted by Gasteiger charge is 2.25. The highest BCUT2D eigenvalue weighted by Crippen LogP contribution is 2.20. The number of hydrogen-bond donors (Lipinski definition) is 1. The fraction of sp³-hybridized carbons (Fsp3) is 0.417. The van der Waals surface area contributed by atoms with Crippen LogP contribution in [-0.2, 0) is 26.0 Å². The van der Waals surface area contributed by atoms with Crippen molar-refractivity contribution in [3.05, 3.63) is 65.7 Å². The predicted octanol–water partition coefficient (Wildman–Crippen LogP) is 2.75. The van der Waals surface area contributed by atoms with E-state index in [-0.39, 0.29) is 24.8 Å². The van der Waals surface area contributed by atoms with Gasteiger partial charge in [-0.2, -0.15) is 0 Å². The van der Waals surface area contributed by atoms with Crippen LogP contribution in [0.5, 0.6) is 0 Å². The lowest BCUT2D eigenvalue weighted by Gasteiger charge is -2.29. The minimum Gasteiger partial charge on any atom is -0.357 e. The number of amides is 2. The first-order valence-electron chi connectivity index (χ1n) is 10.7. The molecule has 1 N–H and O–H groups in total. The Hall–Kier alpha value is -2.87. The van der Waals surface area contributed by atoms with Gasteiger partial charge in [0.25, 0.3) is 0 Å². The van der Waals surface area contributed by atoms with Crippen molar-refractivity contribution in [3.8, 4) is 0 Å². The zero-order valence-electron chi connectivity index (χ0n) is 19.2. The molecule has 0 saturated carbocycles. The third-order valence-electron chi connectivity index (χ3n) is 5.34. The lowest BCUT2D eigenvalue weighted by molar-refractivity contribution is -0.139. The average Bonchev–Trinajstić information content (AvgIpc) is 2.76. The van der Waals surface area contributed by atoms with E-state index in [4.69, 9.17) is 0 Å². The Morgan fingerprint density at radius 1 is 1.03 bits per heavy atom. The summed E-state index contributed by atoms with van der Waals surface area (Å²) in [5.41, 5.74) is 2.62. The predicted molar refractivity (Wildman–Crippen MR) is 128 cm³/mol. The Bertz CT molecular complexity index is 1010. The van der Waals surface area contributed by atoms with Crippen molar-refractivity contribution in [3.63, 3.8) is 0 Å². The molecule has 0 fully saturated rings. The summed E-state index contributed by atoms with van der Waals surface area (Å²) in [4.78, 5) is 26.8. The molecule has 174 valence electrons. The van der Waals surface area contributed by atoms with Crippen LogP contribution in [0.3, 0.4) is 0 Å². The standard InChI is InChI=1S/C24H33N3O4S/c1-19-10-8-13-22(18-19)27(32(4,30)31)16-9-14-23(28)26(20(2)24(29)25-3)17-15-21-11-6-5-7-12-21/h5-8,10-13,18,20H,9,14-17H2,1-4H3,(H,25,29). The fourth-order valence-corrected chi connectivity index (χ4v) is 4.52. The molecule has 0 heterocycles. The van der Waals surface area contributed by atoms with Gasteiger partial charge in [0.15, 0.2) is 0 Å². The minimum atomic E-state index is -3.49. The lowest BCUT2D eigenvalue weighted by Crippen LogP contribution is -2.48. The monoisotopic (exact) mass is 459 g/mol. The second-order valence-electron chi connectivity index (χ2n) is 7.89. The number of rotatable bonds is 11. The Labute approximate surface area is 191 Å². The molecular formula is C24H33N3O4S. The van der Waals surface area contributed by atoms with Crippen molar-refractivity contribution < 1.29 is 18.0 Å². The number of aryl methyl sites for hydroxylation is 1. The molecule has 2 aromatic rings. The van der Waals surface area contributed by atoms with Gasteiger partial charge in [-0.15, -0.1) is 0 Å². The number of carbonyl (C=O) groups is 2. The molecule has 0 saturated heterocycles. The number of sulfonamides is 1. The third-order valence-corrected chi connectivity index (χ3v) is 6.53. The average molecular weight is 460 g/mol. The number of anilines is 1. The quantitative estimate of drug-likeness (QED) is 0.560. The molecule has 0 aliphatic rings. The molecule has 2 aromatic carbocycles. The Kier molecular flexibility index (Phi) is 9.26. The molecule has 0 aliphatic heterocycles. The maximum absolute atomic E-state index is 13.0. The van der Waals surface area contributed by atoms with Crippen molar-refractivity contribution in [1.82, 2.24) is 10.2 Å². The van der Waals surface area contributed by atoms with Crippen molar-refractivity contribution in [1.29, 1.82) is 0 Å². The molecule has 8 heteroatoms. The Morgan fingerprint density at radius 2 is 1.72 bits per heavy atom. The van der Waals surface area contributed by atoms with Crippen LogP contribution in [0.25, 0.3) is 0 Å². The molecule has 32 heavy (non-hydrogen) atoms. The summed E-state index contributed by atoms with van der Waals surface area (Å²) >= 11 is 0. The van der Waals surface area contributed by atoms with E-state index in [1.807, 2.05) is 55.5 Å². The molecule has 0 bridgehead atoms. The summed E-state index contributed by atoms with van der Waals surface area (Å²) < 4.78 is 26.0. The summed E-state index contributed by atoms with van der Waals surface area (Å²) in [5, 5.41) is 2.60. The van der Waals surface area contributed by atoms with Crippen molar-refractivity contribution >= 4 is 27.5 Å². The molecule has 0 aromatic heterocycles. The highest BCUT2D eigenvalue weighted by atomic mass is 32.2. The van der Waals surface area contributed by atoms with Gasteiger partial charge in [-0.25, -0.2) is 8.42 Å². The van der Waals surface area contributed by atoms with E-state index in [0.717, 1.165) is 17.4 Å². The summed E-state index contributed by atoms with van der Waals surface area (Å²) in [6.07, 6.45) is 2.29. The van der Waals surface area contributed by atoms with E-state index in [1.54, 1.807) is 24.9 Å². The number of hydrogen-bond acceptors (Lipinski definition) is 4. The van der Waals surface area contributed by atoms with E-state index in [1.165, 1.54) is 4.31 Å². The summed E-state index contributed by atoms with van der Waals surface area (Å²) in [7, 11) is -1.94. The Balaban J connectivity index is 2.07. The van der Waals surface area contributed by atoms with Crippen LogP contribution in [0.4, 0.5) is 5.69 Å². The van der Waals surface area contributed by atoms with Gasteiger partial charge in [-0.3, -0.25) is 13.9 Å². The highest BCUT2D eigenvalue weighted by molar-refractivity contribution is 7.92. The molecule has 7 nitrogen and oxygen atoms in total. The largest absolute Gasteiger partial charge is 0.357 e. The number of nitrogens with zero attached hydrogens (tertiary/aromatic N) is 2. The first-order valence-corrected chi connectivity index (χ1v) is 12.6. The van der Waals surface area contributed by atoms with Crippen LogP contribution < -0.4 is 9.62 Å². The van der Waals surface area contributed by atoms with Crippen molar-refractivity contribution in [2.24, 2.45) is 0 Å². The number of benzene rings is 2. The van der Waals surface area contributed by atoms with Gasteiger partial charge in [0, 0.05) is 26.6 Å². The van der Waals surface area contributed by atoms with Crippen LogP contribution in [0, 0.1) is 6.92 Å². The molecule has 2 amide bonds. The fourth-order valence-electron chi connectivity index (χ4n) is 3.57. The zero-order valence-corrected chi connectivity index (χ0v) is 20.1. The van der Waals surface area contributed by atoms with E-state index in [9.17, 15) is 18.0 Å². The maximum Gasteiger partial charge on any atom is 0.242 e. The van der Waals surface area contributed by atoms with Gasteiger partial charge in [-0.05, 0) is 49.9 Å². The maximum atomic E-state index is 13.0. The summed E-state index contributed by atoms with van der Waals surface area (Å²) in [6.45, 7) is 4.20. The summed E-state index contributed by atoms with van der Waals surface area (Å²) in [6, 6.07) is 16.4. The van der Waals surface area contributed by atoms with Crippen LogP contribution in [0.1, 0.15) is 30.9 Å². The lowest BCUT2D eigenvalue weighted by atomic mass is 10.1. The molecule has 1 atom stereocenters. The van der Waals surface area contributed by atoms with Gasteiger partial charge in [0.05, 0.1) is 11.9 Å². The van der Waals surface area contributed by atoms with E-state index >= 15 is 0 Å². The van der Waals surface area contributed by atoms with Crippen LogP contribution in [0.15, 0.2) is 54.6 Å². The van der Waals surface area contributed by atoms with Crippen LogP contribution >= 0.6 is 0 Å². The van der Waals surface area contributed by atoms with Gasteiger partial charge >= 0.3 is 0 Å². The molecule has 0 aliphatic carbocycles. The van der Waals surface area contributed by atoms with E-state index in [0.29, 0.717) is 25.1 Å². The minimum absolute atomic E-state index is 0.147. The number of likely N-dealkylation sites (N-methyl/N-ethyl adjacent to an activating group) is 1. The second kappa shape index (κ2) is 11.7. The zero-order chi connectivity index (χ0) is 23.7. The van der Waals surface area contributed by atoms with Gasteiger partial charge in [0.1, 0.15) is 6.04 Å². The first kappa shape index (κ1) is 25.4.